The van der Waals surface area contributed by atoms with Gasteiger partial charge in [0.25, 0.3) is 0 Å². The van der Waals surface area contributed by atoms with Gasteiger partial charge in [0.05, 0.1) is 11.4 Å². The van der Waals surface area contributed by atoms with Crippen LogP contribution in [0.3, 0.4) is 0 Å². The first kappa shape index (κ1) is 16.8. The van der Waals surface area contributed by atoms with Gasteiger partial charge in [-0.3, -0.25) is 4.98 Å². The van der Waals surface area contributed by atoms with E-state index in [2.05, 4.69) is 18.2 Å². The maximum atomic E-state index is 5.49. The number of aryl methyl sites for hydroxylation is 2. The van der Waals surface area contributed by atoms with Gasteiger partial charge in [-0.05, 0) is 101 Å². The van der Waals surface area contributed by atoms with Gasteiger partial charge in [0.2, 0.25) is 0 Å². The minimum Gasteiger partial charge on any atom is -0.256 e. The fraction of sp³-hybridized carbons (Fsp3) is 0.640. The summed E-state index contributed by atoms with van der Waals surface area (Å²) in [6.45, 7) is 0. The van der Waals surface area contributed by atoms with E-state index in [9.17, 15) is 0 Å². The van der Waals surface area contributed by atoms with Gasteiger partial charge in [0.1, 0.15) is 0 Å². The average Bonchev–Trinajstić information content (AvgIpc) is 2.72. The molecule has 1 heterocycles. The third-order valence-electron chi connectivity index (χ3n) is 7.33. The topological polar surface area (TPSA) is 12.9 Å². The minimum atomic E-state index is 0.632. The molecule has 0 amide bonds. The molecule has 0 saturated heterocycles. The predicted octanol–water partition coefficient (Wildman–Crippen LogP) is 6.92. The van der Waals surface area contributed by atoms with E-state index >= 15 is 0 Å². The zero-order valence-corrected chi connectivity index (χ0v) is 16.2. The molecule has 0 saturated carbocycles. The molecule has 0 N–H and O–H groups in total. The van der Waals surface area contributed by atoms with Gasteiger partial charge in [-0.15, -0.1) is 0 Å². The van der Waals surface area contributed by atoms with E-state index in [0.29, 0.717) is 11.8 Å². The number of nitrogens with zero attached hydrogens (tertiary/aromatic N) is 1. The molecular formula is C25H33N. The van der Waals surface area contributed by atoms with Gasteiger partial charge in [-0.1, -0.05) is 29.4 Å². The molecule has 0 fully saturated rings. The van der Waals surface area contributed by atoms with Crippen LogP contribution in [0.25, 0.3) is 0 Å². The number of allylic oxidation sites excluding steroid dienone is 4. The standard InChI is InChI=1S/C25H33N/c1-3-9-18(10-4-1)22-15-7-13-20-17-21-14-8-16-23(25(21)26-24(20)22)19-11-5-2-6-12-19/h9,11,17,22-23H,1-8,10,12-16H2/t22-,23+. The summed E-state index contributed by atoms with van der Waals surface area (Å²) < 4.78 is 0. The highest BCUT2D eigenvalue weighted by atomic mass is 14.8. The lowest BCUT2D eigenvalue weighted by atomic mass is 9.74. The van der Waals surface area contributed by atoms with Crippen molar-refractivity contribution in [2.24, 2.45) is 0 Å². The molecule has 1 aromatic heterocycles. The average molecular weight is 348 g/mol. The Morgan fingerprint density at radius 3 is 1.62 bits per heavy atom. The van der Waals surface area contributed by atoms with E-state index in [1.807, 2.05) is 0 Å². The van der Waals surface area contributed by atoms with Crippen molar-refractivity contribution in [1.29, 1.82) is 0 Å². The second kappa shape index (κ2) is 7.33. The Morgan fingerprint density at radius 2 is 1.15 bits per heavy atom. The summed E-state index contributed by atoms with van der Waals surface area (Å²) in [6.07, 6.45) is 23.8. The predicted molar refractivity (Wildman–Crippen MR) is 109 cm³/mol. The zero-order chi connectivity index (χ0) is 17.3. The van der Waals surface area contributed by atoms with Crippen LogP contribution in [0.5, 0.6) is 0 Å². The Kier molecular flexibility index (Phi) is 4.73. The first-order chi connectivity index (χ1) is 12.9. The maximum Gasteiger partial charge on any atom is 0.0510 e. The molecule has 1 heteroatoms. The first-order valence-corrected chi connectivity index (χ1v) is 11.3. The van der Waals surface area contributed by atoms with Crippen molar-refractivity contribution < 1.29 is 0 Å². The number of pyridine rings is 1. The summed E-state index contributed by atoms with van der Waals surface area (Å²) in [7, 11) is 0. The maximum absolute atomic E-state index is 5.49. The summed E-state index contributed by atoms with van der Waals surface area (Å²) in [5.74, 6) is 1.26. The van der Waals surface area contributed by atoms with E-state index in [0.717, 1.165) is 0 Å². The molecule has 2 atom stereocenters. The molecule has 0 aliphatic heterocycles. The van der Waals surface area contributed by atoms with Crippen molar-refractivity contribution in [3.05, 3.63) is 51.9 Å². The smallest absolute Gasteiger partial charge is 0.0510 e. The third kappa shape index (κ3) is 3.08. The Morgan fingerprint density at radius 1 is 0.615 bits per heavy atom. The van der Waals surface area contributed by atoms with Crippen molar-refractivity contribution in [2.45, 2.75) is 102 Å². The van der Waals surface area contributed by atoms with Gasteiger partial charge >= 0.3 is 0 Å². The van der Waals surface area contributed by atoms with Crippen LogP contribution in [0.15, 0.2) is 29.4 Å². The lowest BCUT2D eigenvalue weighted by molar-refractivity contribution is 0.521. The van der Waals surface area contributed by atoms with Gasteiger partial charge < -0.3 is 0 Å². The molecule has 0 bridgehead atoms. The molecule has 0 unspecified atom stereocenters. The van der Waals surface area contributed by atoms with E-state index in [-0.39, 0.29) is 0 Å². The lowest BCUT2D eigenvalue weighted by Gasteiger charge is -2.33. The largest absolute Gasteiger partial charge is 0.256 e. The fourth-order valence-electron chi connectivity index (χ4n) is 5.98. The number of fused-ring (bicyclic) bond motifs is 2. The molecule has 5 rings (SSSR count). The van der Waals surface area contributed by atoms with Crippen molar-refractivity contribution >= 4 is 0 Å². The second-order valence-electron chi connectivity index (χ2n) is 9.02. The first-order valence-electron chi connectivity index (χ1n) is 11.3. The molecule has 0 spiro atoms. The van der Waals surface area contributed by atoms with Crippen LogP contribution in [-0.4, -0.2) is 4.98 Å². The van der Waals surface area contributed by atoms with E-state index in [1.54, 1.807) is 22.3 Å². The van der Waals surface area contributed by atoms with Gasteiger partial charge in [-0.2, -0.15) is 0 Å². The number of rotatable bonds is 2. The summed E-state index contributed by atoms with van der Waals surface area (Å²) in [5.41, 5.74) is 9.56. The van der Waals surface area contributed by atoms with Crippen LogP contribution in [0.2, 0.25) is 0 Å². The summed E-state index contributed by atoms with van der Waals surface area (Å²) in [4.78, 5) is 5.49. The molecule has 4 aliphatic carbocycles. The highest BCUT2D eigenvalue weighted by Gasteiger charge is 2.31. The molecule has 138 valence electrons. The Hall–Kier alpha value is -1.37. The van der Waals surface area contributed by atoms with Crippen molar-refractivity contribution in [3.8, 4) is 0 Å². The fourth-order valence-corrected chi connectivity index (χ4v) is 5.98. The Balaban J connectivity index is 1.55. The van der Waals surface area contributed by atoms with Gasteiger partial charge in [0.15, 0.2) is 0 Å². The molecule has 4 aliphatic rings. The molecule has 1 aromatic rings. The van der Waals surface area contributed by atoms with Crippen molar-refractivity contribution in [1.82, 2.24) is 4.98 Å². The minimum absolute atomic E-state index is 0.632. The molecule has 0 radical (unpaired) electrons. The number of hydrogen-bond acceptors (Lipinski definition) is 1. The normalized spacial score (nSPS) is 28.6. The quantitative estimate of drug-likeness (QED) is 0.529. The number of hydrogen-bond donors (Lipinski definition) is 0. The summed E-state index contributed by atoms with van der Waals surface area (Å²) in [5, 5.41) is 0. The SMILES string of the molecule is C1=C([C@H]2CCCc3cc4c(nc32)[C@H](C2=CCCCC2)CCC4)CCCC1. The van der Waals surface area contributed by atoms with Crippen LogP contribution < -0.4 is 0 Å². The summed E-state index contributed by atoms with van der Waals surface area (Å²) >= 11 is 0. The Labute approximate surface area is 159 Å². The lowest BCUT2D eigenvalue weighted by Crippen LogP contribution is -2.21. The van der Waals surface area contributed by atoms with Gasteiger partial charge in [0, 0.05) is 11.8 Å². The molecule has 0 aromatic carbocycles. The third-order valence-corrected chi connectivity index (χ3v) is 7.33. The summed E-state index contributed by atoms with van der Waals surface area (Å²) in [6, 6.07) is 2.59. The van der Waals surface area contributed by atoms with E-state index in [4.69, 9.17) is 4.98 Å². The second-order valence-corrected chi connectivity index (χ2v) is 9.02. The van der Waals surface area contributed by atoms with Crippen LogP contribution in [0, 0.1) is 0 Å². The zero-order valence-electron chi connectivity index (χ0n) is 16.2. The monoisotopic (exact) mass is 347 g/mol. The van der Waals surface area contributed by atoms with Crippen molar-refractivity contribution in [3.63, 3.8) is 0 Å². The van der Waals surface area contributed by atoms with Crippen molar-refractivity contribution in [2.75, 3.05) is 0 Å². The molecular weight excluding hydrogens is 314 g/mol. The van der Waals surface area contributed by atoms with Crippen LogP contribution >= 0.6 is 0 Å². The number of aromatic nitrogens is 1. The van der Waals surface area contributed by atoms with Crippen LogP contribution in [-0.2, 0) is 12.8 Å². The molecule has 26 heavy (non-hydrogen) atoms. The Bertz CT molecular complexity index is 680. The van der Waals surface area contributed by atoms with Crippen LogP contribution in [0.1, 0.15) is 111 Å². The highest BCUT2D eigenvalue weighted by Crippen LogP contribution is 2.44. The van der Waals surface area contributed by atoms with Crippen LogP contribution in [0.4, 0.5) is 0 Å². The van der Waals surface area contributed by atoms with E-state index < -0.39 is 0 Å². The van der Waals surface area contributed by atoms with Gasteiger partial charge in [-0.25, -0.2) is 0 Å². The highest BCUT2D eigenvalue weighted by molar-refractivity contribution is 5.42. The molecule has 1 nitrogen and oxygen atoms in total. The van der Waals surface area contributed by atoms with E-state index in [1.165, 1.54) is 101 Å².